The average Bonchev–Trinajstić information content (AvgIpc) is 3.05. The molecule has 3 rings (SSSR count). The standard InChI is InChI=1S/C17H14F4N2O4/c18-11-3-1-9(7-12(11)19)16-13(5-6-26-16)22-10-2-4-14(23(24)25)15(8-10)27-17(20)21/h1-4,7-8,13,16-17,22H,5-6H2. The average molecular weight is 386 g/mol. The first-order valence-corrected chi connectivity index (χ1v) is 7.91. The number of alkyl halides is 2. The largest absolute Gasteiger partial charge is 0.427 e. The van der Waals surface area contributed by atoms with Gasteiger partial charge in [-0.2, -0.15) is 8.78 Å². The molecule has 2 unspecified atom stereocenters. The van der Waals surface area contributed by atoms with Crippen molar-refractivity contribution in [1.29, 1.82) is 0 Å². The van der Waals surface area contributed by atoms with E-state index in [-0.39, 0.29) is 6.04 Å². The van der Waals surface area contributed by atoms with E-state index in [9.17, 15) is 27.7 Å². The molecule has 1 N–H and O–H groups in total. The van der Waals surface area contributed by atoms with Gasteiger partial charge in [0.25, 0.3) is 0 Å². The van der Waals surface area contributed by atoms with Gasteiger partial charge in [0.1, 0.15) is 6.10 Å². The summed E-state index contributed by atoms with van der Waals surface area (Å²) in [5, 5.41) is 13.9. The van der Waals surface area contributed by atoms with E-state index in [4.69, 9.17) is 4.74 Å². The van der Waals surface area contributed by atoms with Gasteiger partial charge >= 0.3 is 12.3 Å². The lowest BCUT2D eigenvalue weighted by Gasteiger charge is -2.21. The van der Waals surface area contributed by atoms with Crippen molar-refractivity contribution in [3.05, 3.63) is 63.7 Å². The molecule has 1 fully saturated rings. The van der Waals surface area contributed by atoms with Crippen molar-refractivity contribution in [2.75, 3.05) is 11.9 Å². The summed E-state index contributed by atoms with van der Waals surface area (Å²) in [6, 6.07) is 6.51. The van der Waals surface area contributed by atoms with Gasteiger partial charge in [-0.25, -0.2) is 8.78 Å². The summed E-state index contributed by atoms with van der Waals surface area (Å²) in [4.78, 5) is 10.1. The zero-order valence-corrected chi connectivity index (χ0v) is 13.7. The maximum Gasteiger partial charge on any atom is 0.387 e. The Kier molecular flexibility index (Phi) is 5.45. The maximum absolute atomic E-state index is 13.5. The van der Waals surface area contributed by atoms with E-state index in [0.717, 1.165) is 24.3 Å². The van der Waals surface area contributed by atoms with Crippen molar-refractivity contribution in [3.8, 4) is 5.75 Å². The number of rotatable bonds is 6. The molecular weight excluding hydrogens is 372 g/mol. The van der Waals surface area contributed by atoms with Crippen molar-refractivity contribution in [2.24, 2.45) is 0 Å². The van der Waals surface area contributed by atoms with E-state index in [1.807, 2.05) is 0 Å². The third-order valence-electron chi connectivity index (χ3n) is 4.09. The van der Waals surface area contributed by atoms with Crippen LogP contribution in [0.2, 0.25) is 0 Å². The van der Waals surface area contributed by atoms with Crippen LogP contribution in [0.5, 0.6) is 5.75 Å². The van der Waals surface area contributed by atoms with Crippen LogP contribution in [0.3, 0.4) is 0 Å². The first kappa shape index (κ1) is 18.9. The van der Waals surface area contributed by atoms with Gasteiger partial charge in [-0.15, -0.1) is 0 Å². The Morgan fingerprint density at radius 2 is 1.96 bits per heavy atom. The normalized spacial score (nSPS) is 19.3. The predicted octanol–water partition coefficient (Wildman–Crippen LogP) is 4.42. The Labute approximate surface area is 150 Å². The molecule has 2 atom stereocenters. The van der Waals surface area contributed by atoms with Crippen molar-refractivity contribution >= 4 is 11.4 Å². The molecule has 0 saturated carbocycles. The molecule has 0 spiro atoms. The fourth-order valence-electron chi connectivity index (χ4n) is 2.91. The van der Waals surface area contributed by atoms with E-state index in [0.29, 0.717) is 24.3 Å². The van der Waals surface area contributed by atoms with Crippen LogP contribution in [-0.2, 0) is 4.74 Å². The molecule has 1 aliphatic rings. The van der Waals surface area contributed by atoms with Gasteiger partial charge in [0.05, 0.1) is 11.0 Å². The third-order valence-corrected chi connectivity index (χ3v) is 4.09. The molecule has 144 valence electrons. The fourth-order valence-corrected chi connectivity index (χ4v) is 2.91. The second kappa shape index (κ2) is 7.78. The molecular formula is C17H14F4N2O4. The summed E-state index contributed by atoms with van der Waals surface area (Å²) in [5.74, 6) is -2.57. The molecule has 0 aliphatic carbocycles. The minimum Gasteiger partial charge on any atom is -0.427 e. The van der Waals surface area contributed by atoms with Crippen LogP contribution >= 0.6 is 0 Å². The third kappa shape index (κ3) is 4.27. The summed E-state index contributed by atoms with van der Waals surface area (Å²) in [6.07, 6.45) is -0.0964. The number of nitro groups is 1. The number of anilines is 1. The Balaban J connectivity index is 1.82. The fraction of sp³-hybridized carbons (Fsp3) is 0.294. The molecule has 0 amide bonds. The van der Waals surface area contributed by atoms with Gasteiger partial charge in [-0.1, -0.05) is 6.07 Å². The molecule has 0 radical (unpaired) electrons. The van der Waals surface area contributed by atoms with Crippen LogP contribution in [0.25, 0.3) is 0 Å². The van der Waals surface area contributed by atoms with Gasteiger partial charge in [0.2, 0.25) is 5.75 Å². The molecule has 1 saturated heterocycles. The lowest BCUT2D eigenvalue weighted by molar-refractivity contribution is -0.386. The second-order valence-electron chi connectivity index (χ2n) is 5.82. The van der Waals surface area contributed by atoms with E-state index < -0.39 is 40.7 Å². The summed E-state index contributed by atoms with van der Waals surface area (Å²) in [6.45, 7) is -2.88. The molecule has 0 aromatic heterocycles. The van der Waals surface area contributed by atoms with Crippen molar-refractivity contribution in [3.63, 3.8) is 0 Å². The number of hydrogen-bond donors (Lipinski definition) is 1. The summed E-state index contributed by atoms with van der Waals surface area (Å²) < 4.78 is 61.4. The van der Waals surface area contributed by atoms with Gasteiger partial charge < -0.3 is 14.8 Å². The number of halogens is 4. The van der Waals surface area contributed by atoms with Crippen LogP contribution in [-0.4, -0.2) is 24.2 Å². The molecule has 2 aromatic carbocycles. The first-order chi connectivity index (χ1) is 12.8. The van der Waals surface area contributed by atoms with Crippen LogP contribution in [0.4, 0.5) is 28.9 Å². The Morgan fingerprint density at radius 1 is 1.19 bits per heavy atom. The van der Waals surface area contributed by atoms with Crippen LogP contribution in [0.1, 0.15) is 18.1 Å². The summed E-state index contributed by atoms with van der Waals surface area (Å²) in [7, 11) is 0. The summed E-state index contributed by atoms with van der Waals surface area (Å²) >= 11 is 0. The van der Waals surface area contributed by atoms with Gasteiger partial charge in [-0.05, 0) is 30.2 Å². The number of ether oxygens (including phenoxy) is 2. The first-order valence-electron chi connectivity index (χ1n) is 7.91. The predicted molar refractivity (Wildman–Crippen MR) is 86.8 cm³/mol. The van der Waals surface area contributed by atoms with Crippen molar-refractivity contribution < 1.29 is 32.0 Å². The molecule has 1 aliphatic heterocycles. The second-order valence-corrected chi connectivity index (χ2v) is 5.82. The lowest BCUT2D eigenvalue weighted by Crippen LogP contribution is -2.23. The number of benzene rings is 2. The van der Waals surface area contributed by atoms with Crippen molar-refractivity contribution in [1.82, 2.24) is 0 Å². The highest BCUT2D eigenvalue weighted by atomic mass is 19.3. The van der Waals surface area contributed by atoms with E-state index >= 15 is 0 Å². The highest BCUT2D eigenvalue weighted by molar-refractivity contribution is 5.58. The van der Waals surface area contributed by atoms with Gasteiger partial charge in [-0.3, -0.25) is 10.1 Å². The van der Waals surface area contributed by atoms with E-state index in [2.05, 4.69) is 10.1 Å². The number of hydrogen-bond acceptors (Lipinski definition) is 5. The number of nitrogens with zero attached hydrogens (tertiary/aromatic N) is 1. The van der Waals surface area contributed by atoms with Gasteiger partial charge in [0.15, 0.2) is 11.6 Å². The van der Waals surface area contributed by atoms with Crippen LogP contribution in [0.15, 0.2) is 36.4 Å². The topological polar surface area (TPSA) is 73.6 Å². The SMILES string of the molecule is O=[N+]([O-])c1ccc(NC2CCOC2c2ccc(F)c(F)c2)cc1OC(F)F. The molecule has 1 heterocycles. The number of nitrogens with one attached hydrogen (secondary N) is 1. The van der Waals surface area contributed by atoms with Gasteiger partial charge in [0, 0.05) is 24.4 Å². The molecule has 27 heavy (non-hydrogen) atoms. The monoisotopic (exact) mass is 386 g/mol. The zero-order valence-electron chi connectivity index (χ0n) is 13.7. The molecule has 0 bridgehead atoms. The van der Waals surface area contributed by atoms with Crippen LogP contribution < -0.4 is 10.1 Å². The Bertz CT molecular complexity index is 850. The minimum atomic E-state index is -3.22. The van der Waals surface area contributed by atoms with E-state index in [1.165, 1.54) is 12.1 Å². The van der Waals surface area contributed by atoms with E-state index in [1.54, 1.807) is 0 Å². The lowest BCUT2D eigenvalue weighted by atomic mass is 10.0. The quantitative estimate of drug-likeness (QED) is 0.452. The van der Waals surface area contributed by atoms with Crippen molar-refractivity contribution in [2.45, 2.75) is 25.2 Å². The number of nitro benzene ring substituents is 1. The highest BCUT2D eigenvalue weighted by Crippen LogP contribution is 2.35. The highest BCUT2D eigenvalue weighted by Gasteiger charge is 2.31. The molecule has 10 heteroatoms. The zero-order chi connectivity index (χ0) is 19.6. The summed E-state index contributed by atoms with van der Waals surface area (Å²) in [5.41, 5.74) is 0.106. The Hall–Kier alpha value is -2.88. The van der Waals surface area contributed by atoms with Crippen LogP contribution in [0, 0.1) is 21.7 Å². The smallest absolute Gasteiger partial charge is 0.387 e. The molecule has 6 nitrogen and oxygen atoms in total. The maximum atomic E-state index is 13.5. The Morgan fingerprint density at radius 3 is 2.63 bits per heavy atom. The molecule has 2 aromatic rings. The minimum absolute atomic E-state index is 0.291.